The molecule has 0 radical (unpaired) electrons. The monoisotopic (exact) mass is 207 g/mol. The first-order chi connectivity index (χ1) is 7.25. The number of carbonyl (C=O) groups is 1. The van der Waals surface area contributed by atoms with Crippen molar-refractivity contribution in [1.82, 2.24) is 14.7 Å². The van der Waals surface area contributed by atoms with Crippen LogP contribution in [0.5, 0.6) is 0 Å². The van der Waals surface area contributed by atoms with Crippen LogP contribution in [0, 0.1) is 0 Å². The second-order valence-corrected chi connectivity index (χ2v) is 4.14. The van der Waals surface area contributed by atoms with Gasteiger partial charge in [-0.2, -0.15) is 5.10 Å². The first-order valence-corrected chi connectivity index (χ1v) is 5.16. The van der Waals surface area contributed by atoms with Crippen molar-refractivity contribution in [3.8, 4) is 0 Å². The standard InChI is InChI=1S/C10H13N3O2/c1-12-9(2-3-11-12)10(14)13-5-8-4-7(13)6-15-8/h2-3,7-8H,4-6H2,1H3/t7-,8+/m0/s1. The molecule has 3 rings (SSSR count). The van der Waals surface area contributed by atoms with E-state index in [0.717, 1.165) is 13.0 Å². The third-order valence-corrected chi connectivity index (χ3v) is 3.20. The number of morpholine rings is 1. The fraction of sp³-hybridized carbons (Fsp3) is 0.600. The quantitative estimate of drug-likeness (QED) is 0.653. The topological polar surface area (TPSA) is 47.4 Å². The fourth-order valence-electron chi connectivity index (χ4n) is 2.38. The SMILES string of the molecule is Cn1nccc1C(=O)N1C[C@H]2C[C@H]1CO2. The van der Waals surface area contributed by atoms with Crippen molar-refractivity contribution in [3.05, 3.63) is 18.0 Å². The molecule has 2 aliphatic heterocycles. The minimum atomic E-state index is 0.0748. The normalized spacial score (nSPS) is 28.7. The Bertz CT molecular complexity index is 401. The van der Waals surface area contributed by atoms with Crippen LogP contribution in [-0.4, -0.2) is 45.9 Å². The molecule has 2 saturated heterocycles. The maximum atomic E-state index is 12.1. The maximum Gasteiger partial charge on any atom is 0.272 e. The molecule has 1 amide bonds. The molecule has 0 unspecified atom stereocenters. The van der Waals surface area contributed by atoms with Gasteiger partial charge in [0.25, 0.3) is 5.91 Å². The summed E-state index contributed by atoms with van der Waals surface area (Å²) in [4.78, 5) is 14.0. The molecule has 2 atom stereocenters. The van der Waals surface area contributed by atoms with Gasteiger partial charge in [0.15, 0.2) is 0 Å². The van der Waals surface area contributed by atoms with E-state index < -0.39 is 0 Å². The average molecular weight is 207 g/mol. The summed E-state index contributed by atoms with van der Waals surface area (Å²) < 4.78 is 7.08. The van der Waals surface area contributed by atoms with Gasteiger partial charge < -0.3 is 9.64 Å². The van der Waals surface area contributed by atoms with Gasteiger partial charge in [-0.1, -0.05) is 0 Å². The fourth-order valence-corrected chi connectivity index (χ4v) is 2.38. The molecule has 2 aliphatic rings. The Balaban J connectivity index is 1.84. The van der Waals surface area contributed by atoms with Gasteiger partial charge in [0.2, 0.25) is 0 Å². The maximum absolute atomic E-state index is 12.1. The lowest BCUT2D eigenvalue weighted by Crippen LogP contribution is -2.42. The Morgan fingerprint density at radius 2 is 2.53 bits per heavy atom. The summed E-state index contributed by atoms with van der Waals surface area (Å²) in [7, 11) is 1.79. The van der Waals surface area contributed by atoms with E-state index in [1.54, 1.807) is 24.0 Å². The van der Waals surface area contributed by atoms with Gasteiger partial charge in [0, 0.05) is 19.8 Å². The summed E-state index contributed by atoms with van der Waals surface area (Å²) >= 11 is 0. The number of aromatic nitrogens is 2. The van der Waals surface area contributed by atoms with E-state index >= 15 is 0 Å². The number of amides is 1. The highest BCUT2D eigenvalue weighted by Crippen LogP contribution is 2.28. The highest BCUT2D eigenvalue weighted by Gasteiger charge is 2.42. The number of likely N-dealkylation sites (tertiary alicyclic amines) is 1. The van der Waals surface area contributed by atoms with Gasteiger partial charge >= 0.3 is 0 Å². The predicted octanol–water partition coefficient (Wildman–Crippen LogP) is 0.0334. The lowest BCUT2D eigenvalue weighted by Gasteiger charge is -2.26. The lowest BCUT2D eigenvalue weighted by atomic mass is 10.2. The lowest BCUT2D eigenvalue weighted by molar-refractivity contribution is 0.0252. The number of hydrogen-bond acceptors (Lipinski definition) is 3. The van der Waals surface area contributed by atoms with Crippen LogP contribution in [-0.2, 0) is 11.8 Å². The first-order valence-electron chi connectivity index (χ1n) is 5.16. The number of carbonyl (C=O) groups excluding carboxylic acids is 1. The van der Waals surface area contributed by atoms with Crippen molar-refractivity contribution >= 4 is 5.91 Å². The van der Waals surface area contributed by atoms with Crippen LogP contribution in [0.15, 0.2) is 12.3 Å². The van der Waals surface area contributed by atoms with Crippen molar-refractivity contribution < 1.29 is 9.53 Å². The Kier molecular flexibility index (Phi) is 1.82. The van der Waals surface area contributed by atoms with E-state index in [4.69, 9.17) is 4.74 Å². The molecule has 0 saturated carbocycles. The van der Waals surface area contributed by atoms with Crippen LogP contribution in [0.25, 0.3) is 0 Å². The van der Waals surface area contributed by atoms with Crippen molar-refractivity contribution in [2.24, 2.45) is 7.05 Å². The van der Waals surface area contributed by atoms with Crippen molar-refractivity contribution in [2.75, 3.05) is 13.2 Å². The second-order valence-electron chi connectivity index (χ2n) is 4.14. The first kappa shape index (κ1) is 8.91. The molecule has 5 heteroatoms. The molecular weight excluding hydrogens is 194 g/mol. The van der Waals surface area contributed by atoms with Crippen LogP contribution >= 0.6 is 0 Å². The minimum absolute atomic E-state index is 0.0748. The molecule has 0 aromatic carbocycles. The molecule has 0 spiro atoms. The second kappa shape index (κ2) is 3.06. The number of aryl methyl sites for hydroxylation is 1. The third kappa shape index (κ3) is 1.26. The summed E-state index contributed by atoms with van der Waals surface area (Å²) in [5, 5.41) is 4.01. The molecular formula is C10H13N3O2. The molecule has 2 bridgehead atoms. The largest absolute Gasteiger partial charge is 0.374 e. The van der Waals surface area contributed by atoms with E-state index in [0.29, 0.717) is 12.3 Å². The zero-order valence-corrected chi connectivity index (χ0v) is 8.59. The Hall–Kier alpha value is -1.36. The van der Waals surface area contributed by atoms with Gasteiger partial charge in [-0.15, -0.1) is 0 Å². The number of hydrogen-bond donors (Lipinski definition) is 0. The molecule has 1 aromatic heterocycles. The summed E-state index contributed by atoms with van der Waals surface area (Å²) in [6.07, 6.45) is 2.90. The summed E-state index contributed by atoms with van der Waals surface area (Å²) in [5.41, 5.74) is 0.655. The van der Waals surface area contributed by atoms with Gasteiger partial charge in [-0.25, -0.2) is 0 Å². The number of rotatable bonds is 1. The van der Waals surface area contributed by atoms with Crippen LogP contribution < -0.4 is 0 Å². The number of ether oxygens (including phenoxy) is 1. The zero-order valence-electron chi connectivity index (χ0n) is 8.59. The highest BCUT2D eigenvalue weighted by molar-refractivity contribution is 5.93. The average Bonchev–Trinajstić information content (AvgIpc) is 2.91. The van der Waals surface area contributed by atoms with E-state index in [9.17, 15) is 4.79 Å². The van der Waals surface area contributed by atoms with E-state index in [-0.39, 0.29) is 18.1 Å². The molecule has 15 heavy (non-hydrogen) atoms. The molecule has 1 aromatic rings. The van der Waals surface area contributed by atoms with Crippen LogP contribution in [0.3, 0.4) is 0 Å². The van der Waals surface area contributed by atoms with Gasteiger partial charge in [-0.05, 0) is 12.5 Å². The van der Waals surface area contributed by atoms with Gasteiger partial charge in [0.05, 0.1) is 18.8 Å². The molecule has 5 nitrogen and oxygen atoms in total. The zero-order chi connectivity index (χ0) is 10.4. The Morgan fingerprint density at radius 1 is 1.67 bits per heavy atom. The molecule has 0 aliphatic carbocycles. The van der Waals surface area contributed by atoms with Crippen LogP contribution in [0.1, 0.15) is 16.9 Å². The molecule has 0 N–H and O–H groups in total. The molecule has 80 valence electrons. The number of fused-ring (bicyclic) bond motifs is 2. The molecule has 3 heterocycles. The minimum Gasteiger partial charge on any atom is -0.374 e. The third-order valence-electron chi connectivity index (χ3n) is 3.20. The van der Waals surface area contributed by atoms with Gasteiger partial charge in [-0.3, -0.25) is 9.48 Å². The number of nitrogens with zero attached hydrogens (tertiary/aromatic N) is 3. The van der Waals surface area contributed by atoms with Crippen molar-refractivity contribution in [2.45, 2.75) is 18.6 Å². The summed E-state index contributed by atoms with van der Waals surface area (Å²) in [6.45, 7) is 1.42. The van der Waals surface area contributed by atoms with Crippen molar-refractivity contribution in [3.63, 3.8) is 0 Å². The Labute approximate surface area is 87.6 Å². The van der Waals surface area contributed by atoms with Gasteiger partial charge in [0.1, 0.15) is 5.69 Å². The molecule has 2 fully saturated rings. The van der Waals surface area contributed by atoms with E-state index in [1.165, 1.54) is 0 Å². The Morgan fingerprint density at radius 3 is 3.07 bits per heavy atom. The van der Waals surface area contributed by atoms with Crippen molar-refractivity contribution in [1.29, 1.82) is 0 Å². The predicted molar refractivity (Wildman–Crippen MR) is 52.4 cm³/mol. The van der Waals surface area contributed by atoms with E-state index in [1.807, 2.05) is 4.90 Å². The summed E-state index contributed by atoms with van der Waals surface area (Å²) in [5.74, 6) is 0.0748. The summed E-state index contributed by atoms with van der Waals surface area (Å²) in [6, 6.07) is 2.03. The highest BCUT2D eigenvalue weighted by atomic mass is 16.5. The smallest absolute Gasteiger partial charge is 0.272 e. The van der Waals surface area contributed by atoms with Crippen LogP contribution in [0.2, 0.25) is 0 Å². The van der Waals surface area contributed by atoms with Crippen LogP contribution in [0.4, 0.5) is 0 Å². The van der Waals surface area contributed by atoms with E-state index in [2.05, 4.69) is 5.10 Å².